The summed E-state index contributed by atoms with van der Waals surface area (Å²) in [5.74, 6) is 1.65. The standard InChI is InChI=1S/C8H14N4OS/c9-6-5-7(10)12-8(11-6)14-4-2-1-3-13/h5,13H,1-4H2,(H4,9,10,11,12). The predicted octanol–water partition coefficient (Wildman–Crippen LogP) is 0.506. The quantitative estimate of drug-likeness (QED) is 0.375. The molecule has 0 fully saturated rings. The number of aliphatic hydroxyl groups excluding tert-OH is 1. The van der Waals surface area contributed by atoms with Crippen LogP contribution in [-0.2, 0) is 0 Å². The summed E-state index contributed by atoms with van der Waals surface area (Å²) in [5.41, 5.74) is 11.0. The summed E-state index contributed by atoms with van der Waals surface area (Å²) in [6, 6.07) is 1.53. The minimum Gasteiger partial charge on any atom is -0.396 e. The van der Waals surface area contributed by atoms with Gasteiger partial charge in [0.15, 0.2) is 5.16 Å². The van der Waals surface area contributed by atoms with Crippen LogP contribution in [0.5, 0.6) is 0 Å². The lowest BCUT2D eigenvalue weighted by Gasteiger charge is -2.01. The molecule has 0 aromatic carbocycles. The van der Waals surface area contributed by atoms with E-state index in [9.17, 15) is 0 Å². The van der Waals surface area contributed by atoms with Gasteiger partial charge in [0.25, 0.3) is 0 Å². The van der Waals surface area contributed by atoms with E-state index in [1.807, 2.05) is 0 Å². The lowest BCUT2D eigenvalue weighted by atomic mass is 10.4. The van der Waals surface area contributed by atoms with Crippen LogP contribution in [0.25, 0.3) is 0 Å². The third-order valence-corrected chi connectivity index (χ3v) is 2.46. The van der Waals surface area contributed by atoms with Gasteiger partial charge in [0.05, 0.1) is 0 Å². The molecular formula is C8H14N4OS. The molecule has 5 N–H and O–H groups in total. The molecular weight excluding hydrogens is 200 g/mol. The Morgan fingerprint density at radius 1 is 1.21 bits per heavy atom. The number of hydrogen-bond acceptors (Lipinski definition) is 6. The summed E-state index contributed by atoms with van der Waals surface area (Å²) in [6.45, 7) is 0.223. The van der Waals surface area contributed by atoms with E-state index in [1.165, 1.54) is 17.8 Å². The van der Waals surface area contributed by atoms with E-state index in [0.29, 0.717) is 16.8 Å². The van der Waals surface area contributed by atoms with Crippen LogP contribution < -0.4 is 11.5 Å². The van der Waals surface area contributed by atoms with Gasteiger partial charge in [-0.2, -0.15) is 0 Å². The first kappa shape index (κ1) is 11.1. The highest BCUT2D eigenvalue weighted by molar-refractivity contribution is 7.99. The maximum atomic E-state index is 8.57. The first-order valence-electron chi connectivity index (χ1n) is 4.36. The van der Waals surface area contributed by atoms with Gasteiger partial charge in [-0.15, -0.1) is 0 Å². The molecule has 0 atom stereocenters. The van der Waals surface area contributed by atoms with Gasteiger partial charge in [0.1, 0.15) is 11.6 Å². The number of aliphatic hydroxyl groups is 1. The predicted molar refractivity (Wildman–Crippen MR) is 57.9 cm³/mol. The van der Waals surface area contributed by atoms with E-state index < -0.39 is 0 Å². The van der Waals surface area contributed by atoms with Gasteiger partial charge < -0.3 is 16.6 Å². The van der Waals surface area contributed by atoms with Gasteiger partial charge in [-0.1, -0.05) is 11.8 Å². The van der Waals surface area contributed by atoms with Crippen molar-refractivity contribution in [3.05, 3.63) is 6.07 Å². The van der Waals surface area contributed by atoms with Crippen LogP contribution in [0.1, 0.15) is 12.8 Å². The molecule has 0 aliphatic rings. The number of anilines is 2. The molecule has 0 saturated heterocycles. The molecule has 78 valence electrons. The summed E-state index contributed by atoms with van der Waals surface area (Å²) in [7, 11) is 0. The number of unbranched alkanes of at least 4 members (excludes halogenated alkanes) is 1. The second-order valence-corrected chi connectivity index (χ2v) is 3.84. The van der Waals surface area contributed by atoms with Gasteiger partial charge in [-0.25, -0.2) is 9.97 Å². The minimum atomic E-state index is 0.223. The van der Waals surface area contributed by atoms with Crippen molar-refractivity contribution < 1.29 is 5.11 Å². The van der Waals surface area contributed by atoms with Crippen molar-refractivity contribution >= 4 is 23.4 Å². The molecule has 0 saturated carbocycles. The molecule has 0 aliphatic carbocycles. The fraction of sp³-hybridized carbons (Fsp3) is 0.500. The molecule has 0 bridgehead atoms. The van der Waals surface area contributed by atoms with E-state index in [1.54, 1.807) is 0 Å². The zero-order chi connectivity index (χ0) is 10.4. The van der Waals surface area contributed by atoms with Crippen LogP contribution in [0.4, 0.5) is 11.6 Å². The monoisotopic (exact) mass is 214 g/mol. The molecule has 0 radical (unpaired) electrons. The molecule has 0 amide bonds. The number of aromatic nitrogens is 2. The second kappa shape index (κ2) is 5.66. The Hall–Kier alpha value is -1.01. The highest BCUT2D eigenvalue weighted by atomic mass is 32.2. The topological polar surface area (TPSA) is 98.1 Å². The van der Waals surface area contributed by atoms with Gasteiger partial charge in [-0.3, -0.25) is 0 Å². The van der Waals surface area contributed by atoms with Crippen LogP contribution >= 0.6 is 11.8 Å². The van der Waals surface area contributed by atoms with E-state index in [0.717, 1.165) is 18.6 Å². The van der Waals surface area contributed by atoms with Crippen molar-refractivity contribution in [3.63, 3.8) is 0 Å². The van der Waals surface area contributed by atoms with Gasteiger partial charge in [0.2, 0.25) is 0 Å². The fourth-order valence-corrected chi connectivity index (χ4v) is 1.77. The molecule has 6 heteroatoms. The zero-order valence-electron chi connectivity index (χ0n) is 7.81. The normalized spacial score (nSPS) is 10.4. The van der Waals surface area contributed by atoms with Crippen LogP contribution in [0.15, 0.2) is 11.2 Å². The third kappa shape index (κ3) is 3.80. The summed E-state index contributed by atoms with van der Waals surface area (Å²) in [6.07, 6.45) is 1.73. The molecule has 14 heavy (non-hydrogen) atoms. The lowest BCUT2D eigenvalue weighted by Crippen LogP contribution is -1.99. The van der Waals surface area contributed by atoms with Crippen molar-refractivity contribution in [2.45, 2.75) is 18.0 Å². The van der Waals surface area contributed by atoms with E-state index in [2.05, 4.69) is 9.97 Å². The van der Waals surface area contributed by atoms with Crippen LogP contribution in [-0.4, -0.2) is 27.4 Å². The highest BCUT2D eigenvalue weighted by Gasteiger charge is 2.00. The molecule has 1 aromatic heterocycles. The molecule has 0 spiro atoms. The zero-order valence-corrected chi connectivity index (χ0v) is 8.63. The SMILES string of the molecule is Nc1cc(N)nc(SCCCCO)n1. The number of thioether (sulfide) groups is 1. The Bertz CT molecular complexity index is 274. The smallest absolute Gasteiger partial charge is 0.191 e. The first-order chi connectivity index (χ1) is 6.72. The van der Waals surface area contributed by atoms with Gasteiger partial charge >= 0.3 is 0 Å². The van der Waals surface area contributed by atoms with Gasteiger partial charge in [0, 0.05) is 18.4 Å². The summed E-state index contributed by atoms with van der Waals surface area (Å²) in [5, 5.41) is 9.17. The molecule has 1 heterocycles. The summed E-state index contributed by atoms with van der Waals surface area (Å²) in [4.78, 5) is 8.04. The van der Waals surface area contributed by atoms with Crippen molar-refractivity contribution in [1.82, 2.24) is 9.97 Å². The largest absolute Gasteiger partial charge is 0.396 e. The van der Waals surface area contributed by atoms with Gasteiger partial charge in [-0.05, 0) is 12.8 Å². The van der Waals surface area contributed by atoms with E-state index >= 15 is 0 Å². The maximum absolute atomic E-state index is 8.57. The molecule has 5 nitrogen and oxygen atoms in total. The van der Waals surface area contributed by atoms with Crippen molar-refractivity contribution in [1.29, 1.82) is 0 Å². The number of rotatable bonds is 5. The van der Waals surface area contributed by atoms with Crippen LogP contribution in [0.3, 0.4) is 0 Å². The highest BCUT2D eigenvalue weighted by Crippen LogP contribution is 2.17. The Balaban J connectivity index is 2.42. The molecule has 1 aromatic rings. The third-order valence-electron chi connectivity index (χ3n) is 1.53. The Morgan fingerprint density at radius 2 is 1.86 bits per heavy atom. The number of nitrogen functional groups attached to an aromatic ring is 2. The molecule has 1 rings (SSSR count). The van der Waals surface area contributed by atoms with Crippen molar-refractivity contribution in [2.75, 3.05) is 23.8 Å². The second-order valence-electron chi connectivity index (χ2n) is 2.78. The number of nitrogens with two attached hydrogens (primary N) is 2. The first-order valence-corrected chi connectivity index (χ1v) is 5.34. The van der Waals surface area contributed by atoms with Crippen LogP contribution in [0.2, 0.25) is 0 Å². The minimum absolute atomic E-state index is 0.223. The lowest BCUT2D eigenvalue weighted by molar-refractivity contribution is 0.287. The number of hydrogen-bond donors (Lipinski definition) is 3. The maximum Gasteiger partial charge on any atom is 0.191 e. The average Bonchev–Trinajstić information content (AvgIpc) is 2.11. The summed E-state index contributed by atoms with van der Waals surface area (Å²) < 4.78 is 0. The Kier molecular flexibility index (Phi) is 4.48. The average molecular weight is 214 g/mol. The van der Waals surface area contributed by atoms with Crippen molar-refractivity contribution in [3.8, 4) is 0 Å². The molecule has 0 aliphatic heterocycles. The summed E-state index contributed by atoms with van der Waals surface area (Å²) >= 11 is 1.50. The van der Waals surface area contributed by atoms with Crippen molar-refractivity contribution in [2.24, 2.45) is 0 Å². The fourth-order valence-electron chi connectivity index (χ4n) is 0.904. The van der Waals surface area contributed by atoms with E-state index in [-0.39, 0.29) is 6.61 Å². The Labute approximate surface area is 86.9 Å². The van der Waals surface area contributed by atoms with E-state index in [4.69, 9.17) is 16.6 Å². The molecule has 0 unspecified atom stereocenters. The van der Waals surface area contributed by atoms with Crippen LogP contribution in [0, 0.1) is 0 Å². The number of nitrogens with zero attached hydrogens (tertiary/aromatic N) is 2. The Morgan fingerprint density at radius 3 is 2.43 bits per heavy atom.